The van der Waals surface area contributed by atoms with Crippen molar-refractivity contribution in [2.75, 3.05) is 39.4 Å². The van der Waals surface area contributed by atoms with E-state index in [-0.39, 0.29) is 10.9 Å². The van der Waals surface area contributed by atoms with E-state index in [9.17, 15) is 8.42 Å². The van der Waals surface area contributed by atoms with Crippen LogP contribution in [0.2, 0.25) is 0 Å². The van der Waals surface area contributed by atoms with Gasteiger partial charge < -0.3 is 19.7 Å². The van der Waals surface area contributed by atoms with Crippen LogP contribution in [0.5, 0.6) is 11.5 Å². The third-order valence-electron chi connectivity index (χ3n) is 4.09. The van der Waals surface area contributed by atoms with Crippen molar-refractivity contribution in [1.29, 1.82) is 0 Å². The molecule has 1 aromatic carbocycles. The fraction of sp³-hybridized carbons (Fsp3) is 0.562. The zero-order chi connectivity index (χ0) is 18.0. The molecule has 1 N–H and O–H groups in total. The highest BCUT2D eigenvalue weighted by atomic mass is 32.2. The first kappa shape index (κ1) is 18.2. The van der Waals surface area contributed by atoms with Crippen LogP contribution >= 0.6 is 12.2 Å². The standard InChI is InChI=1S/C16H23N3O4S2/c1-12(2)17-16(24)18-5-7-19(8-6-18)25(20,21)13-3-4-14-15(11-13)23-10-9-22-14/h3-4,11-12H,5-10H2,1-2H3,(H,17,24). The van der Waals surface area contributed by atoms with Crippen molar-refractivity contribution < 1.29 is 17.9 Å². The number of ether oxygens (including phenoxy) is 2. The zero-order valence-corrected chi connectivity index (χ0v) is 16.0. The van der Waals surface area contributed by atoms with Gasteiger partial charge in [0, 0.05) is 38.3 Å². The van der Waals surface area contributed by atoms with Crippen LogP contribution in [0, 0.1) is 0 Å². The lowest BCUT2D eigenvalue weighted by Crippen LogP contribution is -2.53. The van der Waals surface area contributed by atoms with E-state index >= 15 is 0 Å². The van der Waals surface area contributed by atoms with E-state index < -0.39 is 10.0 Å². The zero-order valence-electron chi connectivity index (χ0n) is 14.4. The number of nitrogens with zero attached hydrogens (tertiary/aromatic N) is 2. The van der Waals surface area contributed by atoms with Gasteiger partial charge in [0.05, 0.1) is 4.90 Å². The highest BCUT2D eigenvalue weighted by molar-refractivity contribution is 7.89. The maximum absolute atomic E-state index is 12.9. The van der Waals surface area contributed by atoms with Crippen LogP contribution in [0.25, 0.3) is 0 Å². The maximum Gasteiger partial charge on any atom is 0.243 e. The molecule has 0 aromatic heterocycles. The molecule has 0 radical (unpaired) electrons. The second-order valence-electron chi connectivity index (χ2n) is 6.30. The Kier molecular flexibility index (Phi) is 5.35. The van der Waals surface area contributed by atoms with E-state index in [1.165, 1.54) is 4.31 Å². The Morgan fingerprint density at radius 2 is 1.76 bits per heavy atom. The predicted octanol–water partition coefficient (Wildman–Crippen LogP) is 1.05. The van der Waals surface area contributed by atoms with Gasteiger partial charge >= 0.3 is 0 Å². The Labute approximate surface area is 153 Å². The number of fused-ring (bicyclic) bond motifs is 1. The van der Waals surface area contributed by atoms with Gasteiger partial charge in [0.2, 0.25) is 10.0 Å². The minimum Gasteiger partial charge on any atom is -0.486 e. The molecule has 2 aliphatic rings. The van der Waals surface area contributed by atoms with E-state index in [1.54, 1.807) is 18.2 Å². The number of piperazine rings is 1. The maximum atomic E-state index is 12.9. The monoisotopic (exact) mass is 385 g/mol. The van der Waals surface area contributed by atoms with Crippen LogP contribution in [-0.4, -0.2) is 68.2 Å². The van der Waals surface area contributed by atoms with Gasteiger partial charge in [-0.3, -0.25) is 0 Å². The number of nitrogens with one attached hydrogen (secondary N) is 1. The molecule has 0 bridgehead atoms. The Morgan fingerprint density at radius 1 is 1.12 bits per heavy atom. The Bertz CT molecular complexity index is 744. The van der Waals surface area contributed by atoms with Gasteiger partial charge in [-0.1, -0.05) is 0 Å². The molecule has 0 atom stereocenters. The molecule has 138 valence electrons. The summed E-state index contributed by atoms with van der Waals surface area (Å²) < 4.78 is 38.2. The molecule has 1 fully saturated rings. The van der Waals surface area contributed by atoms with E-state index in [0.29, 0.717) is 56.0 Å². The number of thiocarbonyl (C=S) groups is 1. The van der Waals surface area contributed by atoms with Crippen molar-refractivity contribution in [2.45, 2.75) is 24.8 Å². The van der Waals surface area contributed by atoms with Crippen LogP contribution in [-0.2, 0) is 10.0 Å². The molecule has 0 aliphatic carbocycles. The molecule has 3 rings (SSSR count). The third-order valence-corrected chi connectivity index (χ3v) is 6.36. The molecular weight excluding hydrogens is 362 g/mol. The van der Waals surface area contributed by atoms with Crippen LogP contribution < -0.4 is 14.8 Å². The molecule has 1 saturated heterocycles. The lowest BCUT2D eigenvalue weighted by molar-refractivity contribution is 0.171. The molecule has 0 saturated carbocycles. The Balaban J connectivity index is 1.69. The first-order chi connectivity index (χ1) is 11.9. The van der Waals surface area contributed by atoms with Gasteiger partial charge in [-0.2, -0.15) is 4.31 Å². The Morgan fingerprint density at radius 3 is 2.40 bits per heavy atom. The molecule has 0 unspecified atom stereocenters. The second kappa shape index (κ2) is 7.35. The number of rotatable bonds is 3. The first-order valence-corrected chi connectivity index (χ1v) is 10.2. The van der Waals surface area contributed by atoms with E-state index in [1.807, 2.05) is 18.7 Å². The Hall–Kier alpha value is -1.58. The van der Waals surface area contributed by atoms with Crippen LogP contribution in [0.15, 0.2) is 23.1 Å². The largest absolute Gasteiger partial charge is 0.486 e. The molecule has 25 heavy (non-hydrogen) atoms. The van der Waals surface area contributed by atoms with Crippen molar-refractivity contribution in [3.8, 4) is 11.5 Å². The van der Waals surface area contributed by atoms with Gasteiger partial charge in [-0.25, -0.2) is 8.42 Å². The van der Waals surface area contributed by atoms with Gasteiger partial charge in [-0.05, 0) is 38.2 Å². The molecule has 7 nitrogen and oxygen atoms in total. The summed E-state index contributed by atoms with van der Waals surface area (Å²) in [7, 11) is -3.56. The first-order valence-electron chi connectivity index (χ1n) is 8.33. The summed E-state index contributed by atoms with van der Waals surface area (Å²) in [4.78, 5) is 2.23. The van der Waals surface area contributed by atoms with Gasteiger partial charge in [0.15, 0.2) is 16.6 Å². The molecule has 2 heterocycles. The lowest BCUT2D eigenvalue weighted by Gasteiger charge is -2.36. The molecule has 0 amide bonds. The van der Waals surface area contributed by atoms with Crippen molar-refractivity contribution in [1.82, 2.24) is 14.5 Å². The quantitative estimate of drug-likeness (QED) is 0.780. The van der Waals surface area contributed by atoms with Crippen LogP contribution in [0.3, 0.4) is 0 Å². The summed E-state index contributed by atoms with van der Waals surface area (Å²) in [5.74, 6) is 1.06. The molecule has 1 aromatic rings. The lowest BCUT2D eigenvalue weighted by atomic mass is 10.3. The predicted molar refractivity (Wildman–Crippen MR) is 98.6 cm³/mol. The topological polar surface area (TPSA) is 71.1 Å². The van der Waals surface area contributed by atoms with Crippen LogP contribution in [0.4, 0.5) is 0 Å². The highest BCUT2D eigenvalue weighted by Crippen LogP contribution is 2.33. The van der Waals surface area contributed by atoms with E-state index in [2.05, 4.69) is 5.32 Å². The smallest absolute Gasteiger partial charge is 0.243 e. The molecule has 9 heteroatoms. The summed E-state index contributed by atoms with van der Waals surface area (Å²) in [5, 5.41) is 3.86. The minimum atomic E-state index is -3.56. The van der Waals surface area contributed by atoms with E-state index in [0.717, 1.165) is 0 Å². The summed E-state index contributed by atoms with van der Waals surface area (Å²) in [6, 6.07) is 5.02. The van der Waals surface area contributed by atoms with Crippen molar-refractivity contribution in [3.63, 3.8) is 0 Å². The average Bonchev–Trinajstić information content (AvgIpc) is 2.61. The molecular formula is C16H23N3O4S2. The van der Waals surface area contributed by atoms with Crippen molar-refractivity contribution >= 4 is 27.4 Å². The summed E-state index contributed by atoms with van der Waals surface area (Å²) in [6.07, 6.45) is 0. The number of hydrogen-bond acceptors (Lipinski definition) is 5. The van der Waals surface area contributed by atoms with Gasteiger partial charge in [-0.15, -0.1) is 0 Å². The summed E-state index contributed by atoms with van der Waals surface area (Å²) >= 11 is 5.36. The van der Waals surface area contributed by atoms with Gasteiger partial charge in [0.25, 0.3) is 0 Å². The van der Waals surface area contributed by atoms with Crippen molar-refractivity contribution in [3.05, 3.63) is 18.2 Å². The second-order valence-corrected chi connectivity index (χ2v) is 8.63. The van der Waals surface area contributed by atoms with Crippen LogP contribution in [0.1, 0.15) is 13.8 Å². The molecule has 2 aliphatic heterocycles. The number of benzene rings is 1. The normalized spacial score (nSPS) is 18.3. The fourth-order valence-electron chi connectivity index (χ4n) is 2.80. The molecule has 0 spiro atoms. The summed E-state index contributed by atoms with van der Waals surface area (Å²) in [6.45, 7) is 6.89. The minimum absolute atomic E-state index is 0.230. The van der Waals surface area contributed by atoms with Crippen molar-refractivity contribution in [2.24, 2.45) is 0 Å². The SMILES string of the molecule is CC(C)NC(=S)N1CCN(S(=O)(=O)c2ccc3c(c2)OCCO3)CC1. The number of sulfonamides is 1. The number of hydrogen-bond donors (Lipinski definition) is 1. The van der Waals surface area contributed by atoms with E-state index in [4.69, 9.17) is 21.7 Å². The average molecular weight is 386 g/mol. The summed E-state index contributed by atoms with van der Waals surface area (Å²) in [5.41, 5.74) is 0. The fourth-order valence-corrected chi connectivity index (χ4v) is 4.66. The highest BCUT2D eigenvalue weighted by Gasteiger charge is 2.30. The van der Waals surface area contributed by atoms with Gasteiger partial charge in [0.1, 0.15) is 13.2 Å². The third kappa shape index (κ3) is 3.99.